The lowest BCUT2D eigenvalue weighted by molar-refractivity contribution is -0.140. The molecule has 4 aromatic rings. The molecule has 1 aromatic carbocycles. The maximum Gasteiger partial charge on any atom is 0.434 e. The number of halogens is 3. The highest BCUT2D eigenvalue weighted by molar-refractivity contribution is 7.99. The number of nitrogens with one attached hydrogen (secondary N) is 1. The van der Waals surface area contributed by atoms with E-state index in [4.69, 9.17) is 14.7 Å². The number of aromatic nitrogens is 6. The van der Waals surface area contributed by atoms with Gasteiger partial charge in [0, 0.05) is 43.4 Å². The Morgan fingerprint density at radius 1 is 1.11 bits per heavy atom. The van der Waals surface area contributed by atoms with E-state index in [0.717, 1.165) is 64.4 Å². The standard InChI is InChI=1S/C26H24F3N7OS/c1-36-12-18(26(27,28)29)34-24(36)16-5-3-14(4-6-16)11-30-23-21-17(9-10-38-21)33-22(35-23)19-20(15-7-8-15)31-13-32-25(19)37-2/h3-6,12-13,15H,7-11H2,1-2H3,(H,30,33,35). The van der Waals surface area contributed by atoms with Gasteiger partial charge in [0.1, 0.15) is 23.5 Å². The Kier molecular flexibility index (Phi) is 6.21. The Morgan fingerprint density at radius 3 is 2.58 bits per heavy atom. The molecule has 2 aliphatic rings. The number of fused-ring (bicyclic) bond motifs is 1. The van der Waals surface area contributed by atoms with Gasteiger partial charge in [-0.1, -0.05) is 24.3 Å². The zero-order chi connectivity index (χ0) is 26.4. The second kappa shape index (κ2) is 9.57. The van der Waals surface area contributed by atoms with Crippen LogP contribution in [0.2, 0.25) is 0 Å². The number of rotatable bonds is 7. The molecule has 38 heavy (non-hydrogen) atoms. The molecule has 8 nitrogen and oxygen atoms in total. The third-order valence-corrected chi connectivity index (χ3v) is 7.71. The Labute approximate surface area is 221 Å². The Morgan fingerprint density at radius 2 is 1.89 bits per heavy atom. The lowest BCUT2D eigenvalue weighted by atomic mass is 10.1. The molecule has 0 amide bonds. The van der Waals surface area contributed by atoms with E-state index in [-0.39, 0.29) is 5.82 Å². The predicted molar refractivity (Wildman–Crippen MR) is 137 cm³/mol. The monoisotopic (exact) mass is 539 g/mol. The lowest BCUT2D eigenvalue weighted by Gasteiger charge is -2.15. The van der Waals surface area contributed by atoms with Crippen LogP contribution in [0.15, 0.2) is 41.7 Å². The van der Waals surface area contributed by atoms with Crippen molar-refractivity contribution in [2.45, 2.75) is 42.8 Å². The molecule has 0 unspecified atom stereocenters. The van der Waals surface area contributed by atoms with Crippen LogP contribution in [0.1, 0.15) is 41.4 Å². The minimum Gasteiger partial charge on any atom is -0.480 e. The molecule has 1 saturated carbocycles. The van der Waals surface area contributed by atoms with Gasteiger partial charge in [0.15, 0.2) is 11.5 Å². The smallest absolute Gasteiger partial charge is 0.434 e. The number of hydrogen-bond donors (Lipinski definition) is 1. The van der Waals surface area contributed by atoms with Crippen molar-refractivity contribution in [1.82, 2.24) is 29.5 Å². The summed E-state index contributed by atoms with van der Waals surface area (Å²) in [6, 6.07) is 7.30. The summed E-state index contributed by atoms with van der Waals surface area (Å²) in [5.41, 5.74) is 3.31. The molecule has 1 aliphatic heterocycles. The van der Waals surface area contributed by atoms with Crippen molar-refractivity contribution in [3.05, 3.63) is 59.4 Å². The highest BCUT2D eigenvalue weighted by Gasteiger charge is 2.35. The lowest BCUT2D eigenvalue weighted by Crippen LogP contribution is -2.08. The molecule has 1 fully saturated rings. The Bertz CT molecular complexity index is 1500. The number of alkyl halides is 3. The van der Waals surface area contributed by atoms with E-state index in [0.29, 0.717) is 29.7 Å². The van der Waals surface area contributed by atoms with E-state index in [1.54, 1.807) is 38.1 Å². The van der Waals surface area contributed by atoms with E-state index < -0.39 is 11.9 Å². The van der Waals surface area contributed by atoms with Gasteiger partial charge < -0.3 is 14.6 Å². The molecule has 0 bridgehead atoms. The first-order chi connectivity index (χ1) is 18.3. The van der Waals surface area contributed by atoms with Crippen LogP contribution in [0.5, 0.6) is 5.88 Å². The van der Waals surface area contributed by atoms with Crippen LogP contribution >= 0.6 is 11.8 Å². The number of benzene rings is 1. The summed E-state index contributed by atoms with van der Waals surface area (Å²) >= 11 is 1.72. The zero-order valence-electron chi connectivity index (χ0n) is 20.7. The fraction of sp³-hybridized carbons (Fsp3) is 0.346. The molecule has 1 aliphatic carbocycles. The molecular weight excluding hydrogens is 515 g/mol. The minimum absolute atomic E-state index is 0.261. The van der Waals surface area contributed by atoms with Gasteiger partial charge in [-0.25, -0.2) is 24.9 Å². The van der Waals surface area contributed by atoms with Crippen molar-refractivity contribution in [2.75, 3.05) is 18.2 Å². The average molecular weight is 540 g/mol. The molecule has 6 rings (SSSR count). The van der Waals surface area contributed by atoms with Crippen LogP contribution in [0.4, 0.5) is 19.0 Å². The van der Waals surface area contributed by atoms with Gasteiger partial charge in [0.05, 0.1) is 23.4 Å². The number of methoxy groups -OCH3 is 1. The first kappa shape index (κ1) is 24.7. The maximum absolute atomic E-state index is 13.1. The summed E-state index contributed by atoms with van der Waals surface area (Å²) in [5.74, 6) is 3.32. The van der Waals surface area contributed by atoms with Crippen LogP contribution in [0.25, 0.3) is 22.8 Å². The second-order valence-electron chi connectivity index (χ2n) is 9.30. The van der Waals surface area contributed by atoms with Gasteiger partial charge in [-0.2, -0.15) is 13.2 Å². The first-order valence-corrected chi connectivity index (χ1v) is 13.2. The maximum atomic E-state index is 13.1. The van der Waals surface area contributed by atoms with Crippen molar-refractivity contribution >= 4 is 17.6 Å². The van der Waals surface area contributed by atoms with Crippen molar-refractivity contribution in [3.8, 4) is 28.7 Å². The second-order valence-corrected chi connectivity index (χ2v) is 10.4. The van der Waals surface area contributed by atoms with Crippen LogP contribution < -0.4 is 10.1 Å². The number of ether oxygens (including phenoxy) is 1. The molecular formula is C26H24F3N7OS. The normalized spacial score (nSPS) is 15.0. The average Bonchev–Trinajstić information content (AvgIpc) is 3.51. The topological polar surface area (TPSA) is 90.6 Å². The quantitative estimate of drug-likeness (QED) is 0.329. The SMILES string of the molecule is COc1ncnc(C2CC2)c1-c1nc2c(c(NCc3ccc(-c4nc(C(F)(F)F)cn4C)cc3)n1)SCC2. The molecule has 1 N–H and O–H groups in total. The number of aryl methyl sites for hydroxylation is 2. The Hall–Kier alpha value is -3.67. The van der Waals surface area contributed by atoms with Crippen molar-refractivity contribution in [1.29, 1.82) is 0 Å². The van der Waals surface area contributed by atoms with Crippen LogP contribution in [0, 0.1) is 0 Å². The molecule has 0 atom stereocenters. The van der Waals surface area contributed by atoms with Crippen molar-refractivity contribution in [2.24, 2.45) is 7.05 Å². The predicted octanol–water partition coefficient (Wildman–Crippen LogP) is 5.50. The highest BCUT2D eigenvalue weighted by Crippen LogP contribution is 2.46. The van der Waals surface area contributed by atoms with Gasteiger partial charge in [-0.3, -0.25) is 0 Å². The molecule has 3 aromatic heterocycles. The van der Waals surface area contributed by atoms with Crippen LogP contribution in [0.3, 0.4) is 0 Å². The van der Waals surface area contributed by atoms with Gasteiger partial charge in [0.25, 0.3) is 0 Å². The van der Waals surface area contributed by atoms with E-state index >= 15 is 0 Å². The molecule has 196 valence electrons. The Balaban J connectivity index is 1.27. The van der Waals surface area contributed by atoms with Gasteiger partial charge in [0.2, 0.25) is 5.88 Å². The molecule has 12 heteroatoms. The van der Waals surface area contributed by atoms with E-state index in [2.05, 4.69) is 20.3 Å². The fourth-order valence-electron chi connectivity index (χ4n) is 4.54. The summed E-state index contributed by atoms with van der Waals surface area (Å²) in [6.07, 6.45) is 1.03. The van der Waals surface area contributed by atoms with Crippen LogP contribution in [-0.4, -0.2) is 42.3 Å². The zero-order valence-corrected chi connectivity index (χ0v) is 21.5. The number of hydrogen-bond acceptors (Lipinski definition) is 8. The van der Waals surface area contributed by atoms with Crippen LogP contribution in [-0.2, 0) is 26.2 Å². The number of imidazole rings is 1. The molecule has 4 heterocycles. The van der Waals surface area contributed by atoms with E-state index in [1.807, 2.05) is 12.1 Å². The highest BCUT2D eigenvalue weighted by atomic mass is 32.2. The van der Waals surface area contributed by atoms with Gasteiger partial charge in [-0.05, 0) is 18.4 Å². The summed E-state index contributed by atoms with van der Waals surface area (Å²) in [4.78, 5) is 23.4. The third kappa shape index (κ3) is 4.68. The first-order valence-electron chi connectivity index (χ1n) is 12.2. The minimum atomic E-state index is -4.48. The summed E-state index contributed by atoms with van der Waals surface area (Å²) in [7, 11) is 3.14. The summed E-state index contributed by atoms with van der Waals surface area (Å²) in [6.45, 7) is 0.482. The molecule has 0 saturated heterocycles. The summed E-state index contributed by atoms with van der Waals surface area (Å²) in [5, 5.41) is 3.44. The molecule has 0 radical (unpaired) electrons. The van der Waals surface area contributed by atoms with Gasteiger partial charge >= 0.3 is 6.18 Å². The number of anilines is 1. The van der Waals surface area contributed by atoms with E-state index in [1.165, 1.54) is 10.9 Å². The van der Waals surface area contributed by atoms with E-state index in [9.17, 15) is 13.2 Å². The summed E-state index contributed by atoms with van der Waals surface area (Å²) < 4.78 is 46.1. The third-order valence-electron chi connectivity index (χ3n) is 6.58. The van der Waals surface area contributed by atoms with Crippen molar-refractivity contribution in [3.63, 3.8) is 0 Å². The number of nitrogens with zero attached hydrogens (tertiary/aromatic N) is 6. The largest absolute Gasteiger partial charge is 0.480 e. The molecule has 0 spiro atoms. The van der Waals surface area contributed by atoms with Crippen molar-refractivity contribution < 1.29 is 17.9 Å². The number of thioether (sulfide) groups is 1. The van der Waals surface area contributed by atoms with Gasteiger partial charge in [-0.15, -0.1) is 11.8 Å². The fourth-order valence-corrected chi connectivity index (χ4v) is 5.61.